The maximum Gasteiger partial charge on any atom is 0.123 e. The van der Waals surface area contributed by atoms with Crippen molar-refractivity contribution < 1.29 is 4.39 Å². The normalized spacial score (nSPS) is 16.1. The van der Waals surface area contributed by atoms with Crippen LogP contribution in [0.2, 0.25) is 0 Å². The number of aromatic nitrogens is 2. The Morgan fingerprint density at radius 2 is 1.95 bits per heavy atom. The fraction of sp³-hybridized carbons (Fsp3) is 0.400. The van der Waals surface area contributed by atoms with E-state index in [1.165, 1.54) is 36.4 Å². The standard InChI is InChI=1S/C15H18FN3/c16-12-7-5-11(6-8-12)15(9-17)19-10-18-13-3-1-2-4-14(13)19/h5-8,10,15H,1-4,9,17H2. The fourth-order valence-corrected chi connectivity index (χ4v) is 2.86. The van der Waals surface area contributed by atoms with Crippen LogP contribution in [0.3, 0.4) is 0 Å². The number of hydrogen-bond donors (Lipinski definition) is 1. The maximum absolute atomic E-state index is 13.0. The first-order chi connectivity index (χ1) is 9.29. The van der Waals surface area contributed by atoms with Gasteiger partial charge in [-0.3, -0.25) is 0 Å². The van der Waals surface area contributed by atoms with Crippen LogP contribution >= 0.6 is 0 Å². The van der Waals surface area contributed by atoms with E-state index in [0.717, 1.165) is 18.4 Å². The van der Waals surface area contributed by atoms with Gasteiger partial charge in [0, 0.05) is 12.2 Å². The SMILES string of the molecule is NCC(c1ccc(F)cc1)n1cnc2c1CCCC2. The third-order valence-corrected chi connectivity index (χ3v) is 3.87. The summed E-state index contributed by atoms with van der Waals surface area (Å²) < 4.78 is 15.2. The fourth-order valence-electron chi connectivity index (χ4n) is 2.86. The Hall–Kier alpha value is -1.68. The first kappa shape index (κ1) is 12.4. The molecule has 0 fully saturated rings. The topological polar surface area (TPSA) is 43.8 Å². The summed E-state index contributed by atoms with van der Waals surface area (Å²) in [6, 6.07) is 6.64. The largest absolute Gasteiger partial charge is 0.328 e. The molecule has 1 aliphatic rings. The number of fused-ring (bicyclic) bond motifs is 1. The number of benzene rings is 1. The third-order valence-electron chi connectivity index (χ3n) is 3.87. The van der Waals surface area contributed by atoms with E-state index in [4.69, 9.17) is 5.73 Å². The molecule has 3 nitrogen and oxygen atoms in total. The van der Waals surface area contributed by atoms with Gasteiger partial charge in [0.25, 0.3) is 0 Å². The van der Waals surface area contributed by atoms with Gasteiger partial charge in [0.15, 0.2) is 0 Å². The highest BCUT2D eigenvalue weighted by Crippen LogP contribution is 2.26. The molecule has 1 aliphatic carbocycles. The van der Waals surface area contributed by atoms with Crippen LogP contribution < -0.4 is 5.73 Å². The van der Waals surface area contributed by atoms with Gasteiger partial charge in [0.1, 0.15) is 5.82 Å². The van der Waals surface area contributed by atoms with E-state index in [9.17, 15) is 4.39 Å². The number of rotatable bonds is 3. The Balaban J connectivity index is 1.98. The summed E-state index contributed by atoms with van der Waals surface area (Å²) in [5.74, 6) is -0.216. The van der Waals surface area contributed by atoms with E-state index >= 15 is 0 Å². The molecule has 0 spiro atoms. The minimum atomic E-state index is -0.216. The maximum atomic E-state index is 13.0. The van der Waals surface area contributed by atoms with E-state index in [2.05, 4.69) is 9.55 Å². The molecule has 0 bridgehead atoms. The monoisotopic (exact) mass is 259 g/mol. The summed E-state index contributed by atoms with van der Waals surface area (Å²) >= 11 is 0. The third kappa shape index (κ3) is 2.28. The summed E-state index contributed by atoms with van der Waals surface area (Å²) in [7, 11) is 0. The predicted octanol–water partition coefficient (Wildman–Crippen LogP) is 2.45. The Labute approximate surface area is 112 Å². The lowest BCUT2D eigenvalue weighted by Gasteiger charge is -2.22. The summed E-state index contributed by atoms with van der Waals surface area (Å²) in [6.45, 7) is 0.494. The van der Waals surface area contributed by atoms with Crippen molar-refractivity contribution in [1.29, 1.82) is 0 Å². The second kappa shape index (κ2) is 5.13. The first-order valence-corrected chi connectivity index (χ1v) is 6.79. The molecule has 2 aromatic rings. The molecule has 0 saturated heterocycles. The Morgan fingerprint density at radius 3 is 2.68 bits per heavy atom. The Kier molecular flexibility index (Phi) is 3.34. The van der Waals surface area contributed by atoms with Crippen LogP contribution in [-0.4, -0.2) is 16.1 Å². The molecule has 2 N–H and O–H groups in total. The molecule has 1 aromatic heterocycles. The summed E-state index contributed by atoms with van der Waals surface area (Å²) in [5, 5.41) is 0. The molecule has 100 valence electrons. The number of hydrogen-bond acceptors (Lipinski definition) is 2. The highest BCUT2D eigenvalue weighted by Gasteiger charge is 2.20. The highest BCUT2D eigenvalue weighted by atomic mass is 19.1. The molecule has 1 aromatic carbocycles. The van der Waals surface area contributed by atoms with Crippen LogP contribution in [0.1, 0.15) is 35.8 Å². The molecule has 0 radical (unpaired) electrons. The van der Waals surface area contributed by atoms with Crippen LogP contribution in [0.5, 0.6) is 0 Å². The second-order valence-corrected chi connectivity index (χ2v) is 5.06. The van der Waals surface area contributed by atoms with Gasteiger partial charge in [-0.05, 0) is 43.4 Å². The number of aryl methyl sites for hydroxylation is 1. The predicted molar refractivity (Wildman–Crippen MR) is 72.5 cm³/mol. The van der Waals surface area contributed by atoms with Crippen LogP contribution in [0, 0.1) is 5.82 Å². The van der Waals surface area contributed by atoms with Crippen LogP contribution in [-0.2, 0) is 12.8 Å². The van der Waals surface area contributed by atoms with Crippen molar-refractivity contribution >= 4 is 0 Å². The molecule has 1 atom stereocenters. The molecule has 0 amide bonds. The Bertz CT molecular complexity index is 559. The van der Waals surface area contributed by atoms with E-state index in [0.29, 0.717) is 6.54 Å². The van der Waals surface area contributed by atoms with E-state index in [-0.39, 0.29) is 11.9 Å². The second-order valence-electron chi connectivity index (χ2n) is 5.06. The minimum absolute atomic E-state index is 0.0509. The van der Waals surface area contributed by atoms with Crippen molar-refractivity contribution in [2.45, 2.75) is 31.7 Å². The lowest BCUT2D eigenvalue weighted by molar-refractivity contribution is 0.545. The highest BCUT2D eigenvalue weighted by molar-refractivity contribution is 5.25. The number of nitrogens with two attached hydrogens (primary N) is 1. The van der Waals surface area contributed by atoms with Crippen molar-refractivity contribution in [2.24, 2.45) is 5.73 Å². The molecule has 4 heteroatoms. The van der Waals surface area contributed by atoms with Crippen molar-refractivity contribution in [2.75, 3.05) is 6.54 Å². The molecule has 19 heavy (non-hydrogen) atoms. The average Bonchev–Trinajstić information content (AvgIpc) is 2.86. The number of nitrogens with zero attached hydrogens (tertiary/aromatic N) is 2. The van der Waals surface area contributed by atoms with Gasteiger partial charge >= 0.3 is 0 Å². The van der Waals surface area contributed by atoms with E-state index < -0.39 is 0 Å². The van der Waals surface area contributed by atoms with Gasteiger partial charge < -0.3 is 10.3 Å². The number of halogens is 1. The van der Waals surface area contributed by atoms with Gasteiger partial charge in [0.2, 0.25) is 0 Å². The molecular weight excluding hydrogens is 241 g/mol. The quantitative estimate of drug-likeness (QED) is 0.920. The summed E-state index contributed by atoms with van der Waals surface area (Å²) in [6.07, 6.45) is 6.43. The zero-order valence-corrected chi connectivity index (χ0v) is 10.8. The van der Waals surface area contributed by atoms with Crippen LogP contribution in [0.4, 0.5) is 4.39 Å². The van der Waals surface area contributed by atoms with Gasteiger partial charge in [-0.1, -0.05) is 12.1 Å². The van der Waals surface area contributed by atoms with E-state index in [1.54, 1.807) is 0 Å². The lowest BCUT2D eigenvalue weighted by Crippen LogP contribution is -2.22. The van der Waals surface area contributed by atoms with Crippen LogP contribution in [0.25, 0.3) is 0 Å². The van der Waals surface area contributed by atoms with Crippen molar-refractivity contribution in [1.82, 2.24) is 9.55 Å². The van der Waals surface area contributed by atoms with Gasteiger partial charge in [0.05, 0.1) is 18.1 Å². The zero-order chi connectivity index (χ0) is 13.2. The van der Waals surface area contributed by atoms with E-state index in [1.807, 2.05) is 18.5 Å². The molecule has 0 aliphatic heterocycles. The molecule has 1 unspecified atom stereocenters. The molecule has 0 saturated carbocycles. The molecular formula is C15H18FN3. The summed E-state index contributed by atoms with van der Waals surface area (Å²) in [4.78, 5) is 4.50. The average molecular weight is 259 g/mol. The van der Waals surface area contributed by atoms with Gasteiger partial charge in [-0.15, -0.1) is 0 Å². The van der Waals surface area contributed by atoms with Crippen molar-refractivity contribution in [3.63, 3.8) is 0 Å². The molecule has 1 heterocycles. The smallest absolute Gasteiger partial charge is 0.123 e. The van der Waals surface area contributed by atoms with Gasteiger partial charge in [-0.25, -0.2) is 9.37 Å². The zero-order valence-electron chi connectivity index (χ0n) is 10.8. The number of imidazole rings is 1. The lowest BCUT2D eigenvalue weighted by atomic mass is 9.99. The van der Waals surface area contributed by atoms with Gasteiger partial charge in [-0.2, -0.15) is 0 Å². The summed E-state index contributed by atoms with van der Waals surface area (Å²) in [5.41, 5.74) is 9.46. The first-order valence-electron chi connectivity index (χ1n) is 6.79. The molecule has 3 rings (SSSR count). The Morgan fingerprint density at radius 1 is 1.21 bits per heavy atom. The van der Waals surface area contributed by atoms with Crippen molar-refractivity contribution in [3.8, 4) is 0 Å². The minimum Gasteiger partial charge on any atom is -0.328 e. The van der Waals surface area contributed by atoms with Crippen molar-refractivity contribution in [3.05, 3.63) is 53.4 Å². The van der Waals surface area contributed by atoms with Crippen LogP contribution in [0.15, 0.2) is 30.6 Å².